The van der Waals surface area contributed by atoms with E-state index in [1.54, 1.807) is 0 Å². The van der Waals surface area contributed by atoms with E-state index in [-0.39, 0.29) is 0 Å². The van der Waals surface area contributed by atoms with Gasteiger partial charge in [-0.2, -0.15) is 0 Å². The molecule has 2 saturated heterocycles. The zero-order chi connectivity index (χ0) is 18.4. The lowest BCUT2D eigenvalue weighted by Gasteiger charge is -2.52. The van der Waals surface area contributed by atoms with E-state index in [0.717, 1.165) is 36.7 Å². The van der Waals surface area contributed by atoms with E-state index in [4.69, 9.17) is 0 Å². The molecule has 1 aliphatic carbocycles. The fourth-order valence-corrected chi connectivity index (χ4v) is 5.96. The van der Waals surface area contributed by atoms with Crippen molar-refractivity contribution in [3.8, 4) is 0 Å². The van der Waals surface area contributed by atoms with Gasteiger partial charge in [-0.15, -0.1) is 0 Å². The van der Waals surface area contributed by atoms with Crippen molar-refractivity contribution in [3.05, 3.63) is 35.9 Å². The van der Waals surface area contributed by atoms with Crippen LogP contribution >= 0.6 is 0 Å². The number of hydrogen-bond donors (Lipinski definition) is 1. The minimum atomic E-state index is 0.722. The first-order valence-electron chi connectivity index (χ1n) is 10.8. The molecule has 3 heterocycles. The standard InChI is InChI=1S/C23H34N4/c1-18-22-4-3-21(13-20(22)17-25(18)2)27-11-9-26(10-12-27)16-19-14-23(15-19)5-7-24-8-6-23/h3-4,13,19,24H,1,5-12,14-17H2,2H3. The Morgan fingerprint density at radius 1 is 1.11 bits per heavy atom. The summed E-state index contributed by atoms with van der Waals surface area (Å²) >= 11 is 0. The number of fused-ring (bicyclic) bond motifs is 1. The third-order valence-corrected chi connectivity index (χ3v) is 7.63. The molecule has 1 spiro atoms. The topological polar surface area (TPSA) is 21.8 Å². The molecule has 1 N–H and O–H groups in total. The predicted molar refractivity (Wildman–Crippen MR) is 113 cm³/mol. The Morgan fingerprint density at radius 3 is 2.59 bits per heavy atom. The van der Waals surface area contributed by atoms with Gasteiger partial charge in [0.2, 0.25) is 0 Å². The molecular formula is C23H34N4. The van der Waals surface area contributed by atoms with E-state index < -0.39 is 0 Å². The van der Waals surface area contributed by atoms with Gasteiger partial charge in [0.1, 0.15) is 0 Å². The number of hydrogen-bond acceptors (Lipinski definition) is 4. The Hall–Kier alpha value is -1.52. The smallest absolute Gasteiger partial charge is 0.0433 e. The summed E-state index contributed by atoms with van der Waals surface area (Å²) in [6, 6.07) is 6.97. The molecule has 4 heteroatoms. The van der Waals surface area contributed by atoms with Crippen LogP contribution < -0.4 is 10.2 Å². The van der Waals surface area contributed by atoms with E-state index >= 15 is 0 Å². The lowest BCUT2D eigenvalue weighted by atomic mass is 9.57. The van der Waals surface area contributed by atoms with Crippen LogP contribution in [0.15, 0.2) is 24.8 Å². The summed E-state index contributed by atoms with van der Waals surface area (Å²) in [5.74, 6) is 0.955. The van der Waals surface area contributed by atoms with Crippen LogP contribution in [-0.4, -0.2) is 62.7 Å². The average molecular weight is 367 g/mol. The van der Waals surface area contributed by atoms with Crippen molar-refractivity contribution >= 4 is 11.4 Å². The first kappa shape index (κ1) is 17.6. The number of piperazine rings is 1. The molecule has 0 bridgehead atoms. The fourth-order valence-electron chi connectivity index (χ4n) is 5.96. The molecule has 3 aliphatic heterocycles. The van der Waals surface area contributed by atoms with Gasteiger partial charge in [-0.05, 0) is 67.8 Å². The molecule has 0 amide bonds. The van der Waals surface area contributed by atoms with Gasteiger partial charge in [0.05, 0.1) is 0 Å². The molecule has 0 unspecified atom stereocenters. The Labute approximate surface area is 164 Å². The molecule has 27 heavy (non-hydrogen) atoms. The van der Waals surface area contributed by atoms with Gasteiger partial charge in [-0.25, -0.2) is 0 Å². The first-order valence-corrected chi connectivity index (χ1v) is 10.8. The number of anilines is 1. The van der Waals surface area contributed by atoms with E-state index in [2.05, 4.69) is 51.8 Å². The number of nitrogens with zero attached hydrogens (tertiary/aromatic N) is 3. The third kappa shape index (κ3) is 3.27. The summed E-state index contributed by atoms with van der Waals surface area (Å²) in [4.78, 5) is 7.55. The van der Waals surface area contributed by atoms with Gasteiger partial charge in [0.15, 0.2) is 0 Å². The summed E-state index contributed by atoms with van der Waals surface area (Å²) in [6.45, 7) is 13.8. The zero-order valence-electron chi connectivity index (χ0n) is 16.8. The number of piperidine rings is 1. The van der Waals surface area contributed by atoms with Crippen molar-refractivity contribution < 1.29 is 0 Å². The van der Waals surface area contributed by atoms with Crippen molar-refractivity contribution in [1.29, 1.82) is 0 Å². The maximum atomic E-state index is 4.20. The molecule has 4 aliphatic rings. The summed E-state index contributed by atoms with van der Waals surface area (Å²) < 4.78 is 0. The number of benzene rings is 1. The van der Waals surface area contributed by atoms with E-state index in [0.29, 0.717) is 0 Å². The van der Waals surface area contributed by atoms with Crippen molar-refractivity contribution in [2.75, 3.05) is 57.8 Å². The summed E-state index contributed by atoms with van der Waals surface area (Å²) in [5.41, 5.74) is 6.04. The van der Waals surface area contributed by atoms with Crippen LogP contribution in [0.2, 0.25) is 0 Å². The predicted octanol–water partition coefficient (Wildman–Crippen LogP) is 3.00. The second-order valence-electron chi connectivity index (χ2n) is 9.46. The first-order chi connectivity index (χ1) is 13.1. The average Bonchev–Trinajstić information content (AvgIpc) is 2.95. The largest absolute Gasteiger partial charge is 0.370 e. The highest BCUT2D eigenvalue weighted by Crippen LogP contribution is 2.51. The molecule has 0 atom stereocenters. The highest BCUT2D eigenvalue weighted by molar-refractivity contribution is 5.71. The van der Waals surface area contributed by atoms with Crippen LogP contribution in [0.4, 0.5) is 5.69 Å². The Kier molecular flexibility index (Phi) is 4.44. The van der Waals surface area contributed by atoms with E-state index in [9.17, 15) is 0 Å². The third-order valence-electron chi connectivity index (χ3n) is 7.63. The Balaban J connectivity index is 1.13. The molecule has 0 aromatic heterocycles. The Bertz CT molecular complexity index is 705. The molecule has 0 radical (unpaired) electrons. The maximum Gasteiger partial charge on any atom is 0.0433 e. The van der Waals surface area contributed by atoms with Crippen molar-refractivity contribution in [3.63, 3.8) is 0 Å². The van der Waals surface area contributed by atoms with Crippen LogP contribution in [0, 0.1) is 11.3 Å². The van der Waals surface area contributed by atoms with Crippen LogP contribution in [0.3, 0.4) is 0 Å². The van der Waals surface area contributed by atoms with Crippen LogP contribution in [0.5, 0.6) is 0 Å². The molecular weight excluding hydrogens is 332 g/mol. The van der Waals surface area contributed by atoms with E-state index in [1.165, 1.54) is 75.2 Å². The van der Waals surface area contributed by atoms with Crippen molar-refractivity contribution in [2.24, 2.45) is 11.3 Å². The molecule has 5 rings (SSSR count). The SMILES string of the molecule is C=C1c2ccc(N3CCN(CC4CC5(CCNCC5)C4)CC3)cc2CN1C. The summed E-state index contributed by atoms with van der Waals surface area (Å²) in [5, 5.41) is 3.52. The second-order valence-corrected chi connectivity index (χ2v) is 9.46. The Morgan fingerprint density at radius 2 is 1.85 bits per heavy atom. The van der Waals surface area contributed by atoms with Gasteiger partial charge in [-0.1, -0.05) is 12.6 Å². The van der Waals surface area contributed by atoms with Crippen molar-refractivity contribution in [1.82, 2.24) is 15.1 Å². The number of rotatable bonds is 3. The summed E-state index contributed by atoms with van der Waals surface area (Å²) in [7, 11) is 2.13. The lowest BCUT2D eigenvalue weighted by molar-refractivity contribution is 0.00188. The molecule has 3 fully saturated rings. The molecule has 4 nitrogen and oxygen atoms in total. The quantitative estimate of drug-likeness (QED) is 0.888. The summed E-state index contributed by atoms with van der Waals surface area (Å²) in [6.07, 6.45) is 5.79. The van der Waals surface area contributed by atoms with Crippen LogP contribution in [-0.2, 0) is 6.54 Å². The van der Waals surface area contributed by atoms with Gasteiger partial charge in [0.25, 0.3) is 0 Å². The molecule has 1 saturated carbocycles. The number of nitrogens with one attached hydrogen (secondary N) is 1. The van der Waals surface area contributed by atoms with Gasteiger partial charge >= 0.3 is 0 Å². The van der Waals surface area contributed by atoms with Crippen molar-refractivity contribution in [2.45, 2.75) is 32.2 Å². The monoisotopic (exact) mass is 366 g/mol. The highest BCUT2D eigenvalue weighted by Gasteiger charge is 2.44. The molecule has 146 valence electrons. The minimum Gasteiger partial charge on any atom is -0.370 e. The highest BCUT2D eigenvalue weighted by atomic mass is 15.3. The van der Waals surface area contributed by atoms with Gasteiger partial charge in [0, 0.05) is 63.3 Å². The normalized spacial score (nSPS) is 25.7. The molecule has 1 aromatic carbocycles. The molecule has 1 aromatic rings. The minimum absolute atomic E-state index is 0.722. The van der Waals surface area contributed by atoms with Gasteiger partial charge < -0.3 is 15.1 Å². The van der Waals surface area contributed by atoms with Gasteiger partial charge in [-0.3, -0.25) is 4.90 Å². The van der Waals surface area contributed by atoms with Crippen LogP contribution in [0.1, 0.15) is 36.8 Å². The fraction of sp³-hybridized carbons (Fsp3) is 0.652. The van der Waals surface area contributed by atoms with Crippen LogP contribution in [0.25, 0.3) is 5.70 Å². The lowest BCUT2D eigenvalue weighted by Crippen LogP contribution is -2.52. The zero-order valence-corrected chi connectivity index (χ0v) is 16.8. The second kappa shape index (κ2) is 6.82. The maximum absolute atomic E-state index is 4.20. The van der Waals surface area contributed by atoms with E-state index in [1.807, 2.05) is 0 Å².